The average molecular weight is 247 g/mol. The fourth-order valence-corrected chi connectivity index (χ4v) is 2.40. The van der Waals surface area contributed by atoms with Gasteiger partial charge in [-0.2, -0.15) is 0 Å². The van der Waals surface area contributed by atoms with Crippen LogP contribution in [0.25, 0.3) is 0 Å². The van der Waals surface area contributed by atoms with Crippen LogP contribution in [-0.2, 0) is 16.4 Å². The van der Waals surface area contributed by atoms with Gasteiger partial charge >= 0.3 is 0 Å². The van der Waals surface area contributed by atoms with Crippen molar-refractivity contribution in [2.45, 2.75) is 19.3 Å². The van der Waals surface area contributed by atoms with Crippen molar-refractivity contribution in [2.24, 2.45) is 0 Å². The van der Waals surface area contributed by atoms with Crippen LogP contribution in [0.1, 0.15) is 18.6 Å². The highest BCUT2D eigenvalue weighted by Gasteiger charge is 2.08. The van der Waals surface area contributed by atoms with Crippen LogP contribution in [0.3, 0.4) is 0 Å². The molecule has 0 bridgehead atoms. The van der Waals surface area contributed by atoms with E-state index in [9.17, 15) is 8.42 Å². The van der Waals surface area contributed by atoms with Crippen molar-refractivity contribution < 1.29 is 17.9 Å². The molecule has 0 saturated carbocycles. The number of furan rings is 1. The summed E-state index contributed by atoms with van der Waals surface area (Å²) in [6, 6.07) is 3.57. The maximum Gasteiger partial charge on any atom is 0.211 e. The lowest BCUT2D eigenvalue weighted by molar-refractivity contribution is 0.287. The maximum atomic E-state index is 11.4. The Labute approximate surface area is 95.5 Å². The van der Waals surface area contributed by atoms with Crippen molar-refractivity contribution >= 4 is 10.0 Å². The summed E-state index contributed by atoms with van der Waals surface area (Å²) in [4.78, 5) is 0. The molecule has 16 heavy (non-hydrogen) atoms. The summed E-state index contributed by atoms with van der Waals surface area (Å²) in [6.07, 6.45) is 3.10. The molecule has 0 aliphatic carbocycles. The SMILES string of the molecule is O=S(=O)(CCCCO)NCCc1ccco1. The minimum absolute atomic E-state index is 0.0297. The number of aliphatic hydroxyl groups is 1. The summed E-state index contributed by atoms with van der Waals surface area (Å²) in [7, 11) is -3.21. The van der Waals surface area contributed by atoms with E-state index < -0.39 is 10.0 Å². The highest BCUT2D eigenvalue weighted by molar-refractivity contribution is 7.89. The van der Waals surface area contributed by atoms with Gasteiger partial charge in [-0.1, -0.05) is 0 Å². The predicted molar refractivity (Wildman–Crippen MR) is 60.5 cm³/mol. The van der Waals surface area contributed by atoms with Crippen LogP contribution < -0.4 is 4.72 Å². The molecule has 0 unspecified atom stereocenters. The summed E-state index contributed by atoms with van der Waals surface area (Å²) in [5.74, 6) is 0.823. The predicted octanol–water partition coefficient (Wildman–Crippen LogP) is 0.514. The van der Waals surface area contributed by atoms with Crippen molar-refractivity contribution in [3.63, 3.8) is 0 Å². The van der Waals surface area contributed by atoms with Gasteiger partial charge in [0.1, 0.15) is 5.76 Å². The molecule has 0 fully saturated rings. The molecule has 1 aromatic heterocycles. The zero-order valence-electron chi connectivity index (χ0n) is 9.05. The van der Waals surface area contributed by atoms with E-state index >= 15 is 0 Å². The maximum absolute atomic E-state index is 11.4. The fourth-order valence-electron chi connectivity index (χ4n) is 1.26. The molecule has 0 spiro atoms. The zero-order chi connectivity index (χ0) is 11.9. The smallest absolute Gasteiger partial charge is 0.211 e. The van der Waals surface area contributed by atoms with Crippen molar-refractivity contribution in [3.8, 4) is 0 Å². The summed E-state index contributed by atoms with van der Waals surface area (Å²) in [6.45, 7) is 0.372. The van der Waals surface area contributed by atoms with Crippen LogP contribution in [0.5, 0.6) is 0 Å². The third kappa shape index (κ3) is 5.29. The topological polar surface area (TPSA) is 79.5 Å². The Morgan fingerprint density at radius 3 is 2.81 bits per heavy atom. The number of aliphatic hydroxyl groups excluding tert-OH is 1. The van der Waals surface area contributed by atoms with E-state index in [1.165, 1.54) is 0 Å². The zero-order valence-corrected chi connectivity index (χ0v) is 9.87. The first kappa shape index (κ1) is 13.2. The van der Waals surface area contributed by atoms with Crippen LogP contribution >= 0.6 is 0 Å². The van der Waals surface area contributed by atoms with E-state index in [-0.39, 0.29) is 12.4 Å². The van der Waals surface area contributed by atoms with Crippen LogP contribution in [0.4, 0.5) is 0 Å². The van der Waals surface area contributed by atoms with Gasteiger partial charge in [0, 0.05) is 19.6 Å². The Kier molecular flexibility index (Phi) is 5.51. The summed E-state index contributed by atoms with van der Waals surface area (Å²) in [5, 5.41) is 8.54. The first-order valence-corrected chi connectivity index (χ1v) is 6.90. The quantitative estimate of drug-likeness (QED) is 0.656. The standard InChI is InChI=1S/C10H17NO4S/c12-7-1-2-9-16(13,14)11-6-5-10-4-3-8-15-10/h3-4,8,11-12H,1-2,5-7,9H2. The van der Waals surface area contributed by atoms with Crippen LogP contribution in [-0.4, -0.2) is 32.4 Å². The van der Waals surface area contributed by atoms with Gasteiger partial charge in [-0.25, -0.2) is 13.1 Å². The molecule has 1 heterocycles. The second-order valence-electron chi connectivity index (χ2n) is 3.47. The summed E-state index contributed by atoms with van der Waals surface area (Å²) >= 11 is 0. The van der Waals surface area contributed by atoms with Gasteiger partial charge in [0.15, 0.2) is 0 Å². The van der Waals surface area contributed by atoms with Gasteiger partial charge in [-0.3, -0.25) is 0 Å². The minimum atomic E-state index is -3.21. The molecule has 0 aliphatic heterocycles. The van der Waals surface area contributed by atoms with Crippen molar-refractivity contribution in [1.82, 2.24) is 4.72 Å². The highest BCUT2D eigenvalue weighted by Crippen LogP contribution is 2.00. The van der Waals surface area contributed by atoms with Gasteiger partial charge < -0.3 is 9.52 Å². The Morgan fingerprint density at radius 1 is 1.38 bits per heavy atom. The van der Waals surface area contributed by atoms with E-state index in [2.05, 4.69) is 4.72 Å². The largest absolute Gasteiger partial charge is 0.469 e. The van der Waals surface area contributed by atoms with Crippen LogP contribution in [0.2, 0.25) is 0 Å². The van der Waals surface area contributed by atoms with Crippen LogP contribution in [0.15, 0.2) is 22.8 Å². The number of rotatable bonds is 8. The molecule has 0 radical (unpaired) electrons. The molecule has 0 aromatic carbocycles. The van der Waals surface area contributed by atoms with E-state index in [1.54, 1.807) is 18.4 Å². The molecule has 2 N–H and O–H groups in total. The molecule has 0 aliphatic rings. The Balaban J connectivity index is 2.20. The normalized spacial score (nSPS) is 11.8. The molecule has 1 aromatic rings. The van der Waals surface area contributed by atoms with E-state index in [4.69, 9.17) is 9.52 Å². The third-order valence-electron chi connectivity index (χ3n) is 2.09. The van der Waals surface area contributed by atoms with Gasteiger partial charge in [0.2, 0.25) is 10.0 Å². The fraction of sp³-hybridized carbons (Fsp3) is 0.600. The number of nitrogens with one attached hydrogen (secondary N) is 1. The minimum Gasteiger partial charge on any atom is -0.469 e. The number of hydrogen-bond donors (Lipinski definition) is 2. The Morgan fingerprint density at radius 2 is 2.19 bits per heavy atom. The average Bonchev–Trinajstić information content (AvgIpc) is 2.70. The molecule has 92 valence electrons. The van der Waals surface area contributed by atoms with E-state index in [0.29, 0.717) is 25.8 Å². The van der Waals surface area contributed by atoms with E-state index in [1.807, 2.05) is 0 Å². The first-order valence-electron chi connectivity index (χ1n) is 5.24. The number of hydrogen-bond acceptors (Lipinski definition) is 4. The lowest BCUT2D eigenvalue weighted by Gasteiger charge is -2.04. The van der Waals surface area contributed by atoms with Gasteiger partial charge in [-0.05, 0) is 25.0 Å². The molecule has 6 heteroatoms. The first-order chi connectivity index (χ1) is 7.64. The molecule has 5 nitrogen and oxygen atoms in total. The third-order valence-corrected chi connectivity index (χ3v) is 3.56. The van der Waals surface area contributed by atoms with Gasteiger partial charge in [-0.15, -0.1) is 0 Å². The van der Waals surface area contributed by atoms with Gasteiger partial charge in [0.05, 0.1) is 12.0 Å². The second kappa shape index (κ2) is 6.67. The highest BCUT2D eigenvalue weighted by atomic mass is 32.2. The number of sulfonamides is 1. The Hall–Kier alpha value is -0.850. The molecule has 0 saturated heterocycles. The lowest BCUT2D eigenvalue weighted by Crippen LogP contribution is -2.28. The lowest BCUT2D eigenvalue weighted by atomic mass is 10.3. The molecular weight excluding hydrogens is 230 g/mol. The monoisotopic (exact) mass is 247 g/mol. The Bertz CT molecular complexity index is 372. The second-order valence-corrected chi connectivity index (χ2v) is 5.40. The molecular formula is C10H17NO4S. The van der Waals surface area contributed by atoms with Crippen LogP contribution in [0, 0.1) is 0 Å². The van der Waals surface area contributed by atoms with Crippen molar-refractivity contribution in [3.05, 3.63) is 24.2 Å². The van der Waals surface area contributed by atoms with E-state index in [0.717, 1.165) is 5.76 Å². The summed E-state index contributed by atoms with van der Waals surface area (Å²) < 4.78 is 30.4. The number of unbranched alkanes of at least 4 members (excludes halogenated alkanes) is 1. The molecule has 1 rings (SSSR count). The summed E-state index contributed by atoms with van der Waals surface area (Å²) in [5.41, 5.74) is 0. The van der Waals surface area contributed by atoms with Crippen molar-refractivity contribution in [2.75, 3.05) is 18.9 Å². The molecule has 0 atom stereocenters. The molecule has 0 amide bonds. The van der Waals surface area contributed by atoms with Gasteiger partial charge in [0.25, 0.3) is 0 Å². The van der Waals surface area contributed by atoms with Crippen molar-refractivity contribution in [1.29, 1.82) is 0 Å².